The van der Waals surface area contributed by atoms with E-state index in [0.29, 0.717) is 5.82 Å². The van der Waals surface area contributed by atoms with Crippen molar-refractivity contribution in [2.75, 3.05) is 10.6 Å². The number of aromatic nitrogens is 2. The van der Waals surface area contributed by atoms with Crippen LogP contribution in [0.3, 0.4) is 0 Å². The fourth-order valence-electron chi connectivity index (χ4n) is 2.58. The van der Waals surface area contributed by atoms with E-state index < -0.39 is 0 Å². The van der Waals surface area contributed by atoms with Crippen LogP contribution in [-0.2, 0) is 4.79 Å². The van der Waals surface area contributed by atoms with Gasteiger partial charge in [0.25, 0.3) is 0 Å². The number of benzene rings is 2. The average Bonchev–Trinajstić information content (AvgIpc) is 2.62. The van der Waals surface area contributed by atoms with Gasteiger partial charge in [0.15, 0.2) is 0 Å². The third-order valence-corrected chi connectivity index (χ3v) is 3.78. The minimum absolute atomic E-state index is 0.102. The van der Waals surface area contributed by atoms with Crippen LogP contribution in [0.15, 0.2) is 67.0 Å². The summed E-state index contributed by atoms with van der Waals surface area (Å²) in [7, 11) is 0. The van der Waals surface area contributed by atoms with E-state index >= 15 is 0 Å². The van der Waals surface area contributed by atoms with Crippen LogP contribution < -0.4 is 10.6 Å². The lowest BCUT2D eigenvalue weighted by Gasteiger charge is -2.15. The summed E-state index contributed by atoms with van der Waals surface area (Å²) in [6.07, 6.45) is 3.42. The predicted octanol–water partition coefficient (Wildman–Crippen LogP) is 4.28. The second-order valence-corrected chi connectivity index (χ2v) is 5.83. The lowest BCUT2D eigenvalue weighted by Crippen LogP contribution is -2.08. The fraction of sp³-hybridized carbons (Fsp3) is 0.150. The van der Waals surface area contributed by atoms with Crippen LogP contribution in [0, 0.1) is 0 Å². The van der Waals surface area contributed by atoms with Gasteiger partial charge in [-0.15, -0.1) is 0 Å². The zero-order valence-corrected chi connectivity index (χ0v) is 14.2. The van der Waals surface area contributed by atoms with Gasteiger partial charge in [0.2, 0.25) is 5.91 Å². The Morgan fingerprint density at radius 2 is 1.84 bits per heavy atom. The molecule has 0 aliphatic rings. The second kappa shape index (κ2) is 7.57. The molecule has 0 saturated carbocycles. The van der Waals surface area contributed by atoms with E-state index in [1.807, 2.05) is 42.5 Å². The quantitative estimate of drug-likeness (QED) is 0.732. The summed E-state index contributed by atoms with van der Waals surface area (Å²) in [5.41, 5.74) is 3.57. The van der Waals surface area contributed by atoms with E-state index in [0.717, 1.165) is 16.9 Å². The van der Waals surface area contributed by atoms with Crippen molar-refractivity contribution in [3.8, 4) is 11.3 Å². The van der Waals surface area contributed by atoms with Crippen molar-refractivity contribution >= 4 is 17.4 Å². The van der Waals surface area contributed by atoms with Gasteiger partial charge < -0.3 is 10.6 Å². The third-order valence-electron chi connectivity index (χ3n) is 3.78. The number of nitrogens with zero attached hydrogens (tertiary/aromatic N) is 2. The van der Waals surface area contributed by atoms with E-state index in [1.54, 1.807) is 12.4 Å². The molecule has 0 fully saturated rings. The summed E-state index contributed by atoms with van der Waals surface area (Å²) in [5.74, 6) is 0.606. The van der Waals surface area contributed by atoms with Crippen LogP contribution in [0.25, 0.3) is 11.3 Å². The van der Waals surface area contributed by atoms with Gasteiger partial charge in [-0.3, -0.25) is 9.78 Å². The number of rotatable bonds is 5. The number of hydrogen-bond acceptors (Lipinski definition) is 4. The smallest absolute Gasteiger partial charge is 0.221 e. The van der Waals surface area contributed by atoms with Gasteiger partial charge in [-0.25, -0.2) is 4.98 Å². The second-order valence-electron chi connectivity index (χ2n) is 5.83. The van der Waals surface area contributed by atoms with Gasteiger partial charge in [-0.1, -0.05) is 42.5 Å². The largest absolute Gasteiger partial charge is 0.362 e. The molecule has 0 aliphatic heterocycles. The van der Waals surface area contributed by atoms with Crippen molar-refractivity contribution in [2.24, 2.45) is 0 Å². The van der Waals surface area contributed by atoms with Gasteiger partial charge in [-0.05, 0) is 24.6 Å². The molecular weight excluding hydrogens is 312 g/mol. The molecule has 2 N–H and O–H groups in total. The Hall–Kier alpha value is -3.21. The lowest BCUT2D eigenvalue weighted by atomic mass is 10.1. The molecule has 0 saturated heterocycles. The zero-order valence-electron chi connectivity index (χ0n) is 14.2. The Morgan fingerprint density at radius 1 is 1.04 bits per heavy atom. The van der Waals surface area contributed by atoms with Gasteiger partial charge in [0.1, 0.15) is 5.82 Å². The Bertz CT molecular complexity index is 864. The molecule has 126 valence electrons. The Kier molecular flexibility index (Phi) is 5.04. The maximum Gasteiger partial charge on any atom is 0.221 e. The number of amides is 1. The summed E-state index contributed by atoms with van der Waals surface area (Å²) >= 11 is 0. The predicted molar refractivity (Wildman–Crippen MR) is 100 cm³/mol. The first-order valence-electron chi connectivity index (χ1n) is 8.13. The first-order valence-corrected chi connectivity index (χ1v) is 8.13. The minimum Gasteiger partial charge on any atom is -0.362 e. The lowest BCUT2D eigenvalue weighted by molar-refractivity contribution is -0.114. The van der Waals surface area contributed by atoms with Crippen molar-refractivity contribution in [3.05, 3.63) is 72.6 Å². The third kappa shape index (κ3) is 4.41. The maximum atomic E-state index is 11.2. The van der Waals surface area contributed by atoms with Crippen LogP contribution in [-0.4, -0.2) is 15.9 Å². The Labute approximate surface area is 147 Å². The van der Waals surface area contributed by atoms with Gasteiger partial charge in [-0.2, -0.15) is 0 Å². The minimum atomic E-state index is -0.102. The van der Waals surface area contributed by atoms with Crippen LogP contribution in [0.4, 0.5) is 11.5 Å². The summed E-state index contributed by atoms with van der Waals surface area (Å²) < 4.78 is 0. The van der Waals surface area contributed by atoms with Crippen molar-refractivity contribution in [2.45, 2.75) is 19.9 Å². The van der Waals surface area contributed by atoms with Crippen molar-refractivity contribution < 1.29 is 4.79 Å². The standard InChI is InChI=1S/C20H20N4O/c1-14(16-7-4-3-5-8-16)22-20-13-21-12-19(24-20)17-9-6-10-18(11-17)23-15(2)25/h3-14H,1-2H3,(H,22,24)(H,23,25)/t14-/m1/s1. The summed E-state index contributed by atoms with van der Waals surface area (Å²) in [6.45, 7) is 3.57. The highest BCUT2D eigenvalue weighted by molar-refractivity contribution is 5.89. The molecule has 1 atom stereocenters. The molecule has 1 amide bonds. The number of nitrogens with one attached hydrogen (secondary N) is 2. The first-order chi connectivity index (χ1) is 12.1. The molecule has 0 unspecified atom stereocenters. The molecule has 0 aliphatic carbocycles. The fourth-order valence-corrected chi connectivity index (χ4v) is 2.58. The Balaban J connectivity index is 1.81. The van der Waals surface area contributed by atoms with Crippen molar-refractivity contribution in [1.29, 1.82) is 0 Å². The molecule has 2 aromatic carbocycles. The maximum absolute atomic E-state index is 11.2. The van der Waals surface area contributed by atoms with Crippen LogP contribution in [0.5, 0.6) is 0 Å². The van der Waals surface area contributed by atoms with Crippen molar-refractivity contribution in [3.63, 3.8) is 0 Å². The number of carbonyl (C=O) groups is 1. The van der Waals surface area contributed by atoms with Gasteiger partial charge >= 0.3 is 0 Å². The van der Waals surface area contributed by atoms with E-state index in [2.05, 4.69) is 39.7 Å². The molecule has 1 heterocycles. The molecule has 0 bridgehead atoms. The normalized spacial score (nSPS) is 11.6. The molecule has 3 rings (SSSR count). The topological polar surface area (TPSA) is 66.9 Å². The van der Waals surface area contributed by atoms with Crippen molar-refractivity contribution in [1.82, 2.24) is 9.97 Å². The van der Waals surface area contributed by atoms with E-state index in [1.165, 1.54) is 12.5 Å². The molecule has 5 heteroatoms. The highest BCUT2D eigenvalue weighted by Crippen LogP contribution is 2.23. The SMILES string of the molecule is CC(=O)Nc1cccc(-c2cncc(N[C@H](C)c3ccccc3)n2)c1. The van der Waals surface area contributed by atoms with Crippen LogP contribution in [0.1, 0.15) is 25.5 Å². The number of carbonyl (C=O) groups excluding carboxylic acids is 1. The van der Waals surface area contributed by atoms with E-state index in [4.69, 9.17) is 0 Å². The first kappa shape index (κ1) is 16.6. The summed E-state index contributed by atoms with van der Waals surface area (Å²) in [4.78, 5) is 20.2. The highest BCUT2D eigenvalue weighted by Gasteiger charge is 2.08. The molecule has 25 heavy (non-hydrogen) atoms. The average molecular weight is 332 g/mol. The molecule has 0 spiro atoms. The Morgan fingerprint density at radius 3 is 2.60 bits per heavy atom. The molecule has 1 aromatic heterocycles. The van der Waals surface area contributed by atoms with Crippen LogP contribution >= 0.6 is 0 Å². The summed E-state index contributed by atoms with van der Waals surface area (Å²) in [5, 5.41) is 6.15. The van der Waals surface area contributed by atoms with Gasteiger partial charge in [0.05, 0.1) is 18.1 Å². The number of anilines is 2. The highest BCUT2D eigenvalue weighted by atomic mass is 16.1. The van der Waals surface area contributed by atoms with E-state index in [9.17, 15) is 4.79 Å². The zero-order chi connectivity index (χ0) is 17.6. The summed E-state index contributed by atoms with van der Waals surface area (Å²) in [6, 6.07) is 17.9. The number of hydrogen-bond donors (Lipinski definition) is 2. The van der Waals surface area contributed by atoms with Crippen LogP contribution in [0.2, 0.25) is 0 Å². The molecular formula is C20H20N4O. The monoisotopic (exact) mass is 332 g/mol. The van der Waals surface area contributed by atoms with Gasteiger partial charge in [0, 0.05) is 24.2 Å². The molecule has 5 nitrogen and oxygen atoms in total. The molecule has 3 aromatic rings. The molecule has 0 radical (unpaired) electrons. The van der Waals surface area contributed by atoms with E-state index in [-0.39, 0.29) is 11.9 Å².